The van der Waals surface area contributed by atoms with Gasteiger partial charge in [0.05, 0.1) is 5.56 Å². The van der Waals surface area contributed by atoms with Gasteiger partial charge in [-0.1, -0.05) is 30.3 Å². The number of aromatic nitrogens is 1. The number of nitrogens with zero attached hydrogens (tertiary/aromatic N) is 1. The molecule has 1 aromatic carbocycles. The Morgan fingerprint density at radius 3 is 2.40 bits per heavy atom. The van der Waals surface area contributed by atoms with E-state index in [1.54, 1.807) is 0 Å². The Morgan fingerprint density at radius 1 is 1.12 bits per heavy atom. The molecule has 0 radical (unpaired) electrons. The zero-order valence-corrected chi connectivity index (χ0v) is 14.3. The summed E-state index contributed by atoms with van der Waals surface area (Å²) in [6, 6.07) is 12.7. The van der Waals surface area contributed by atoms with E-state index in [4.69, 9.17) is 4.74 Å². The first-order valence-electron chi connectivity index (χ1n) is 8.20. The van der Waals surface area contributed by atoms with Gasteiger partial charge in [0.25, 0.3) is 5.91 Å². The van der Waals surface area contributed by atoms with E-state index in [2.05, 4.69) is 5.32 Å². The summed E-state index contributed by atoms with van der Waals surface area (Å²) < 4.78 is 5.71. The van der Waals surface area contributed by atoms with E-state index in [1.807, 2.05) is 37.3 Å². The number of carbonyl (C=O) groups is 2. The fraction of sp³-hybridized carbons (Fsp3) is 0.316. The van der Waals surface area contributed by atoms with Gasteiger partial charge in [0.1, 0.15) is 0 Å². The van der Waals surface area contributed by atoms with Crippen molar-refractivity contribution in [3.8, 4) is 0 Å². The predicted octanol–water partition coefficient (Wildman–Crippen LogP) is 2.00. The van der Waals surface area contributed by atoms with Crippen LogP contribution in [0.15, 0.2) is 54.9 Å². The van der Waals surface area contributed by atoms with E-state index in [0.717, 1.165) is 12.8 Å². The fourth-order valence-electron chi connectivity index (χ4n) is 2.29. The van der Waals surface area contributed by atoms with Crippen LogP contribution in [0.5, 0.6) is 0 Å². The van der Waals surface area contributed by atoms with Gasteiger partial charge in [0, 0.05) is 18.2 Å². The molecule has 1 heterocycles. The number of benzene rings is 1. The molecule has 0 aliphatic carbocycles. The number of amides is 1. The van der Waals surface area contributed by atoms with Crippen LogP contribution in [0.25, 0.3) is 0 Å². The highest BCUT2D eigenvalue weighted by Crippen LogP contribution is 2.06. The first-order chi connectivity index (χ1) is 12.0. The van der Waals surface area contributed by atoms with E-state index in [0.29, 0.717) is 4.73 Å². The molecule has 0 aliphatic rings. The van der Waals surface area contributed by atoms with Crippen LogP contribution in [0, 0.1) is 5.21 Å². The maximum absolute atomic E-state index is 12.1. The topological polar surface area (TPSA) is 82.3 Å². The Balaban J connectivity index is 1.79. The van der Waals surface area contributed by atoms with Crippen LogP contribution in [0.2, 0.25) is 0 Å². The lowest BCUT2D eigenvalue weighted by molar-refractivity contribution is -0.605. The van der Waals surface area contributed by atoms with E-state index in [1.165, 1.54) is 37.0 Å². The number of hydrogen-bond acceptors (Lipinski definition) is 4. The lowest BCUT2D eigenvalue weighted by Gasteiger charge is -2.18. The molecule has 0 saturated carbocycles. The monoisotopic (exact) mass is 342 g/mol. The average Bonchev–Trinajstić information content (AvgIpc) is 2.61. The third kappa shape index (κ3) is 5.91. The van der Waals surface area contributed by atoms with Crippen molar-refractivity contribution in [3.05, 3.63) is 71.2 Å². The Morgan fingerprint density at radius 2 is 1.76 bits per heavy atom. The molecule has 25 heavy (non-hydrogen) atoms. The summed E-state index contributed by atoms with van der Waals surface area (Å²) in [5, 5.41) is 13.8. The molecule has 0 unspecified atom stereocenters. The van der Waals surface area contributed by atoms with Crippen LogP contribution in [-0.4, -0.2) is 24.0 Å². The van der Waals surface area contributed by atoms with Crippen LogP contribution in [0.1, 0.15) is 36.2 Å². The van der Waals surface area contributed by atoms with Gasteiger partial charge >= 0.3 is 5.97 Å². The largest absolute Gasteiger partial charge is 0.619 e. The van der Waals surface area contributed by atoms with Gasteiger partial charge in [-0.05, 0) is 32.3 Å². The molecule has 0 fully saturated rings. The molecule has 1 aromatic heterocycles. The normalized spacial score (nSPS) is 12.9. The fourth-order valence-corrected chi connectivity index (χ4v) is 2.29. The van der Waals surface area contributed by atoms with Crippen molar-refractivity contribution < 1.29 is 19.1 Å². The smallest absolute Gasteiger partial charge is 0.339 e. The second-order valence-electron chi connectivity index (χ2n) is 5.93. The molecule has 0 bridgehead atoms. The van der Waals surface area contributed by atoms with Gasteiger partial charge in [-0.2, -0.15) is 4.73 Å². The van der Waals surface area contributed by atoms with Gasteiger partial charge in [-0.25, -0.2) is 4.79 Å². The van der Waals surface area contributed by atoms with Crippen molar-refractivity contribution >= 4 is 11.9 Å². The molecule has 6 nitrogen and oxygen atoms in total. The van der Waals surface area contributed by atoms with E-state index in [-0.39, 0.29) is 17.5 Å². The Hall–Kier alpha value is -2.89. The van der Waals surface area contributed by atoms with Gasteiger partial charge in [-0.15, -0.1) is 0 Å². The highest BCUT2D eigenvalue weighted by atomic mass is 16.5. The van der Waals surface area contributed by atoms with Gasteiger partial charge < -0.3 is 15.3 Å². The molecular formula is C19H22N2O4. The zero-order valence-electron chi connectivity index (χ0n) is 14.3. The lowest BCUT2D eigenvalue weighted by Crippen LogP contribution is -2.41. The minimum absolute atomic E-state index is 0.0370. The summed E-state index contributed by atoms with van der Waals surface area (Å²) >= 11 is 0. The summed E-state index contributed by atoms with van der Waals surface area (Å²) in [7, 11) is 0. The molecule has 0 spiro atoms. The summed E-state index contributed by atoms with van der Waals surface area (Å²) in [5.41, 5.74) is 1.44. The van der Waals surface area contributed by atoms with Crippen molar-refractivity contribution in [2.45, 2.75) is 38.8 Å². The van der Waals surface area contributed by atoms with Crippen molar-refractivity contribution in [2.75, 3.05) is 0 Å². The Bertz CT molecular complexity index is 701. The highest BCUT2D eigenvalue weighted by Gasteiger charge is 2.20. The molecule has 132 valence electrons. The first-order valence-corrected chi connectivity index (χ1v) is 8.20. The molecule has 0 aliphatic heterocycles. The third-order valence-corrected chi connectivity index (χ3v) is 3.79. The summed E-state index contributed by atoms with van der Waals surface area (Å²) in [4.78, 5) is 24.1. The number of aryl methyl sites for hydroxylation is 1. The lowest BCUT2D eigenvalue weighted by atomic mass is 10.1. The molecule has 1 amide bonds. The second-order valence-corrected chi connectivity index (χ2v) is 5.93. The first kappa shape index (κ1) is 18.4. The Labute approximate surface area is 147 Å². The number of nitrogens with one attached hydrogen (secondary N) is 1. The summed E-state index contributed by atoms with van der Waals surface area (Å²) in [5.74, 6) is -0.982. The summed E-state index contributed by atoms with van der Waals surface area (Å²) in [6.07, 6.45) is 3.14. The predicted molar refractivity (Wildman–Crippen MR) is 92.6 cm³/mol. The number of hydrogen-bond donors (Lipinski definition) is 1. The SMILES string of the molecule is C[C@@H](CCc1ccccc1)NC(=O)[C@@H](C)OC(=O)c1cc[n+]([O-])cc1. The van der Waals surface area contributed by atoms with Crippen LogP contribution in [0.4, 0.5) is 0 Å². The van der Waals surface area contributed by atoms with Gasteiger partial charge in [0.15, 0.2) is 18.5 Å². The van der Waals surface area contributed by atoms with Gasteiger partial charge in [0.2, 0.25) is 0 Å². The van der Waals surface area contributed by atoms with Crippen molar-refractivity contribution in [3.63, 3.8) is 0 Å². The molecule has 6 heteroatoms. The summed E-state index contributed by atoms with van der Waals surface area (Å²) in [6.45, 7) is 3.44. The number of ether oxygens (including phenoxy) is 1. The molecule has 2 rings (SSSR count). The zero-order chi connectivity index (χ0) is 18.2. The second kappa shape index (κ2) is 8.82. The van der Waals surface area contributed by atoms with E-state index in [9.17, 15) is 14.8 Å². The van der Waals surface area contributed by atoms with Crippen LogP contribution >= 0.6 is 0 Å². The average molecular weight is 342 g/mol. The van der Waals surface area contributed by atoms with Crippen LogP contribution in [-0.2, 0) is 16.0 Å². The van der Waals surface area contributed by atoms with Crippen LogP contribution < -0.4 is 10.0 Å². The molecule has 1 N–H and O–H groups in total. The highest BCUT2D eigenvalue weighted by molar-refractivity contribution is 5.92. The Kier molecular flexibility index (Phi) is 6.51. The standard InChI is InChI=1S/C19H22N2O4/c1-14(8-9-16-6-4-3-5-7-16)20-18(22)15(2)25-19(23)17-10-12-21(24)13-11-17/h3-7,10-15H,8-9H2,1-2H3,(H,20,22)/t14-,15+/m0/s1. The minimum Gasteiger partial charge on any atom is -0.619 e. The molecule has 2 atom stereocenters. The molecular weight excluding hydrogens is 320 g/mol. The van der Waals surface area contributed by atoms with Crippen LogP contribution in [0.3, 0.4) is 0 Å². The molecule has 0 saturated heterocycles. The van der Waals surface area contributed by atoms with Crippen molar-refractivity contribution in [2.24, 2.45) is 0 Å². The van der Waals surface area contributed by atoms with E-state index < -0.39 is 12.1 Å². The third-order valence-electron chi connectivity index (χ3n) is 3.79. The maximum atomic E-state index is 12.1. The quantitative estimate of drug-likeness (QED) is 0.474. The number of esters is 1. The van der Waals surface area contributed by atoms with E-state index >= 15 is 0 Å². The maximum Gasteiger partial charge on any atom is 0.339 e. The number of pyridine rings is 1. The number of carbonyl (C=O) groups excluding carboxylic acids is 2. The number of rotatable bonds is 7. The van der Waals surface area contributed by atoms with Gasteiger partial charge in [-0.3, -0.25) is 4.79 Å². The van der Waals surface area contributed by atoms with Crippen molar-refractivity contribution in [1.29, 1.82) is 0 Å². The molecule has 2 aromatic rings. The minimum atomic E-state index is -0.911. The van der Waals surface area contributed by atoms with Crippen molar-refractivity contribution in [1.82, 2.24) is 5.32 Å².